The van der Waals surface area contributed by atoms with E-state index in [0.29, 0.717) is 0 Å². The first-order valence-electron chi connectivity index (χ1n) is 12.3. The number of piperidine rings is 1. The number of rotatable bonds is 5. The smallest absolute Gasteiger partial charge is 0.224 e. The molecule has 7 heteroatoms. The van der Waals surface area contributed by atoms with Gasteiger partial charge in [0.05, 0.1) is 12.1 Å². The van der Waals surface area contributed by atoms with Crippen LogP contribution in [0.1, 0.15) is 55.8 Å². The third kappa shape index (κ3) is 5.56. The molecule has 2 unspecified atom stereocenters. The van der Waals surface area contributed by atoms with Gasteiger partial charge in [-0.3, -0.25) is 24.3 Å². The average molecular weight is 439 g/mol. The molecular weight excluding hydrogens is 400 g/mol. The zero-order valence-electron chi connectivity index (χ0n) is 19.7. The van der Waals surface area contributed by atoms with Crippen molar-refractivity contribution < 1.29 is 4.79 Å². The van der Waals surface area contributed by atoms with Crippen LogP contribution in [-0.4, -0.2) is 62.7 Å². The molecule has 0 bridgehead atoms. The summed E-state index contributed by atoms with van der Waals surface area (Å²) >= 11 is 0. The molecule has 0 aromatic carbocycles. The fraction of sp³-hybridized carbons (Fsp3) is 0.640. The molecule has 1 amide bonds. The summed E-state index contributed by atoms with van der Waals surface area (Å²) in [4.78, 5) is 22.4. The predicted molar refractivity (Wildman–Crippen MR) is 126 cm³/mol. The maximum Gasteiger partial charge on any atom is 0.224 e. The molecule has 2 aliphatic heterocycles. The number of aromatic nitrogens is 3. The quantitative estimate of drug-likeness (QED) is 0.777. The second kappa shape index (κ2) is 11.1. The highest BCUT2D eigenvalue weighted by molar-refractivity contribution is 5.79. The van der Waals surface area contributed by atoms with E-state index in [1.54, 1.807) is 0 Å². The third-order valence-electron chi connectivity index (χ3n) is 7.18. The lowest BCUT2D eigenvalue weighted by Crippen LogP contribution is -2.56. The van der Waals surface area contributed by atoms with E-state index >= 15 is 0 Å². The monoisotopic (exact) mass is 438 g/mol. The van der Waals surface area contributed by atoms with Crippen LogP contribution in [0, 0.1) is 12.8 Å². The van der Waals surface area contributed by atoms with E-state index in [-0.39, 0.29) is 17.9 Å². The highest BCUT2D eigenvalue weighted by Gasteiger charge is 2.37. The Morgan fingerprint density at radius 1 is 1.09 bits per heavy atom. The van der Waals surface area contributed by atoms with Crippen LogP contribution in [-0.2, 0) is 24.4 Å². The standard InChI is InChI=1S/C25H38N6O/c1-3-31-20(2)22(16-28-31)18-29-15-10-23-24(19-29)30(17-21-8-12-26-13-9-21)14-7-5-4-6-11-27-25(23)32/h8-9,12-13,16,23-24H,3-7,10-11,14-15,17-19H2,1-2H3,(H,27,32). The van der Waals surface area contributed by atoms with E-state index in [0.717, 1.165) is 58.7 Å². The molecule has 7 nitrogen and oxygen atoms in total. The van der Waals surface area contributed by atoms with Gasteiger partial charge in [0, 0.05) is 62.4 Å². The lowest BCUT2D eigenvalue weighted by atomic mass is 9.88. The number of pyridine rings is 1. The molecule has 2 fully saturated rings. The molecule has 4 heterocycles. The number of carbonyl (C=O) groups is 1. The highest BCUT2D eigenvalue weighted by Crippen LogP contribution is 2.27. The summed E-state index contributed by atoms with van der Waals surface area (Å²) in [5.74, 6) is 0.289. The lowest BCUT2D eigenvalue weighted by Gasteiger charge is -2.43. The molecule has 174 valence electrons. The number of aryl methyl sites for hydroxylation is 1. The number of carbonyl (C=O) groups excluding carboxylic acids is 1. The molecule has 2 atom stereocenters. The van der Waals surface area contributed by atoms with Gasteiger partial charge in [-0.2, -0.15) is 5.10 Å². The summed E-state index contributed by atoms with van der Waals surface area (Å²) in [6, 6.07) is 4.42. The summed E-state index contributed by atoms with van der Waals surface area (Å²) in [6.07, 6.45) is 11.3. The SMILES string of the molecule is CCn1ncc(CN2CCC3C(=O)NCCCCCCN(Cc4ccncc4)C3C2)c1C. The Morgan fingerprint density at radius 3 is 2.69 bits per heavy atom. The fourth-order valence-corrected chi connectivity index (χ4v) is 5.24. The minimum absolute atomic E-state index is 0.0469. The summed E-state index contributed by atoms with van der Waals surface area (Å²) in [6.45, 7) is 10.7. The molecule has 2 aliphatic rings. The maximum absolute atomic E-state index is 13.2. The Morgan fingerprint density at radius 2 is 1.91 bits per heavy atom. The van der Waals surface area contributed by atoms with Gasteiger partial charge >= 0.3 is 0 Å². The molecule has 1 N–H and O–H groups in total. The topological polar surface area (TPSA) is 66.3 Å². The molecule has 0 saturated carbocycles. The second-order valence-electron chi connectivity index (χ2n) is 9.30. The van der Waals surface area contributed by atoms with Crippen LogP contribution in [0.4, 0.5) is 0 Å². The Bertz CT molecular complexity index is 867. The van der Waals surface area contributed by atoms with Gasteiger partial charge in [0.15, 0.2) is 0 Å². The predicted octanol–water partition coefficient (Wildman–Crippen LogP) is 2.99. The van der Waals surface area contributed by atoms with Gasteiger partial charge in [0.25, 0.3) is 0 Å². The third-order valence-corrected chi connectivity index (χ3v) is 7.18. The van der Waals surface area contributed by atoms with E-state index in [1.807, 2.05) is 18.6 Å². The molecule has 32 heavy (non-hydrogen) atoms. The summed E-state index contributed by atoms with van der Waals surface area (Å²) in [7, 11) is 0. The molecule has 0 spiro atoms. The van der Waals surface area contributed by atoms with Crippen LogP contribution in [0.25, 0.3) is 0 Å². The van der Waals surface area contributed by atoms with Crippen LogP contribution >= 0.6 is 0 Å². The second-order valence-corrected chi connectivity index (χ2v) is 9.30. The molecule has 4 rings (SSSR count). The van der Waals surface area contributed by atoms with Crippen molar-refractivity contribution >= 4 is 5.91 Å². The zero-order valence-corrected chi connectivity index (χ0v) is 19.7. The van der Waals surface area contributed by atoms with Crippen molar-refractivity contribution in [3.63, 3.8) is 0 Å². The Balaban J connectivity index is 1.55. The molecule has 2 saturated heterocycles. The van der Waals surface area contributed by atoms with Crippen molar-refractivity contribution in [2.75, 3.05) is 26.2 Å². The molecule has 2 aromatic rings. The first kappa shape index (κ1) is 22.9. The van der Waals surface area contributed by atoms with Crippen molar-refractivity contribution in [2.24, 2.45) is 5.92 Å². The minimum atomic E-state index is 0.0469. The van der Waals surface area contributed by atoms with E-state index in [4.69, 9.17) is 0 Å². The van der Waals surface area contributed by atoms with Crippen molar-refractivity contribution in [3.8, 4) is 0 Å². The minimum Gasteiger partial charge on any atom is -0.356 e. The largest absolute Gasteiger partial charge is 0.356 e. The first-order valence-corrected chi connectivity index (χ1v) is 12.3. The average Bonchev–Trinajstić information content (AvgIpc) is 3.15. The van der Waals surface area contributed by atoms with E-state index in [2.05, 4.69) is 55.9 Å². The van der Waals surface area contributed by atoms with Crippen LogP contribution in [0.2, 0.25) is 0 Å². The van der Waals surface area contributed by atoms with Crippen molar-refractivity contribution in [1.82, 2.24) is 29.9 Å². The van der Waals surface area contributed by atoms with Gasteiger partial charge in [-0.1, -0.05) is 12.8 Å². The number of likely N-dealkylation sites (tertiary alicyclic amines) is 1. The first-order chi connectivity index (χ1) is 15.7. The van der Waals surface area contributed by atoms with Gasteiger partial charge in [-0.05, 0) is 63.9 Å². The number of nitrogens with zero attached hydrogens (tertiary/aromatic N) is 5. The maximum atomic E-state index is 13.2. The van der Waals surface area contributed by atoms with Crippen LogP contribution < -0.4 is 5.32 Å². The van der Waals surface area contributed by atoms with Crippen molar-refractivity contribution in [1.29, 1.82) is 0 Å². The number of nitrogens with one attached hydrogen (secondary N) is 1. The van der Waals surface area contributed by atoms with Crippen LogP contribution in [0.3, 0.4) is 0 Å². The number of hydrogen-bond acceptors (Lipinski definition) is 5. The van der Waals surface area contributed by atoms with E-state index < -0.39 is 0 Å². The molecule has 0 radical (unpaired) electrons. The Kier molecular flexibility index (Phi) is 7.92. The van der Waals surface area contributed by atoms with Gasteiger partial charge in [-0.25, -0.2) is 0 Å². The number of hydrogen-bond donors (Lipinski definition) is 1. The highest BCUT2D eigenvalue weighted by atomic mass is 16.1. The van der Waals surface area contributed by atoms with Crippen molar-refractivity contribution in [3.05, 3.63) is 47.5 Å². The van der Waals surface area contributed by atoms with Crippen LogP contribution in [0.15, 0.2) is 30.7 Å². The number of amides is 1. The summed E-state index contributed by atoms with van der Waals surface area (Å²) in [5, 5.41) is 7.78. The molecular formula is C25H38N6O. The van der Waals surface area contributed by atoms with Gasteiger partial charge < -0.3 is 5.32 Å². The summed E-state index contributed by atoms with van der Waals surface area (Å²) in [5.41, 5.74) is 3.82. The van der Waals surface area contributed by atoms with E-state index in [1.165, 1.54) is 36.1 Å². The fourth-order valence-electron chi connectivity index (χ4n) is 5.24. The van der Waals surface area contributed by atoms with Gasteiger partial charge in [0.2, 0.25) is 5.91 Å². The Hall–Kier alpha value is -2.25. The van der Waals surface area contributed by atoms with E-state index in [9.17, 15) is 4.79 Å². The van der Waals surface area contributed by atoms with Gasteiger partial charge in [0.1, 0.15) is 0 Å². The Labute approximate surface area is 192 Å². The van der Waals surface area contributed by atoms with Crippen LogP contribution in [0.5, 0.6) is 0 Å². The lowest BCUT2D eigenvalue weighted by molar-refractivity contribution is -0.129. The molecule has 0 aliphatic carbocycles. The summed E-state index contributed by atoms with van der Waals surface area (Å²) < 4.78 is 2.07. The van der Waals surface area contributed by atoms with Crippen molar-refractivity contribution in [2.45, 2.75) is 71.6 Å². The zero-order chi connectivity index (χ0) is 22.3. The molecule has 2 aromatic heterocycles. The normalized spacial score (nSPS) is 23.9. The number of fused-ring (bicyclic) bond motifs is 1. The van der Waals surface area contributed by atoms with Gasteiger partial charge in [-0.15, -0.1) is 0 Å².